The normalized spacial score (nSPS) is 11.6. The number of allylic oxidation sites excluding steroid dienone is 2. The molecule has 0 spiro atoms. The molecule has 0 fully saturated rings. The Morgan fingerprint density at radius 1 is 0.625 bits per heavy atom. The van der Waals surface area contributed by atoms with Crippen LogP contribution in [0.1, 0.15) is 116 Å². The molecule has 0 bridgehead atoms. The molecule has 0 heterocycles. The second-order valence-corrected chi connectivity index (χ2v) is 9.42. The third kappa shape index (κ3) is 24.2. The Kier molecular flexibility index (Phi) is 28.3. The molecule has 32 heavy (non-hydrogen) atoms. The van der Waals surface area contributed by atoms with Crippen LogP contribution in [0.4, 0.5) is 0 Å². The minimum Gasteiger partial charge on any atom is -0.396 e. The molecule has 0 amide bonds. The largest absolute Gasteiger partial charge is 0.396 e. The molecule has 6 heteroatoms. The summed E-state index contributed by atoms with van der Waals surface area (Å²) in [5.41, 5.74) is -1.11. The fraction of sp³-hybridized carbons (Fsp3) is 0.885. The zero-order valence-corrected chi connectivity index (χ0v) is 21.5. The van der Waals surface area contributed by atoms with E-state index in [1.807, 2.05) is 0 Å². The van der Waals surface area contributed by atoms with Gasteiger partial charge in [-0.3, -0.25) is 4.79 Å². The standard InChI is InChI=1S/C21H40OS.C5H12O4/c1-2-3-4-5-6-7-8-9-10-11-12-13-14-15-16-17-18-19-20-21(22)23;6-1-5(2-7,3-8)4-9/h9-10H,2-8,11-20H2,1H3,(H,22,23);6-9H,1-4H2. The number of unbranched alkanes of at least 4 members (excludes halogenated alkanes) is 14. The van der Waals surface area contributed by atoms with Crippen LogP contribution in [0.2, 0.25) is 0 Å². The molecule has 0 aliphatic rings. The molecular weight excluding hydrogens is 424 g/mol. The summed E-state index contributed by atoms with van der Waals surface area (Å²) in [5, 5.41) is 34.0. The van der Waals surface area contributed by atoms with Crippen LogP contribution in [-0.2, 0) is 4.79 Å². The van der Waals surface area contributed by atoms with Gasteiger partial charge in [0.2, 0.25) is 0 Å². The van der Waals surface area contributed by atoms with Crippen molar-refractivity contribution in [3.8, 4) is 0 Å². The number of thiol groups is 1. The van der Waals surface area contributed by atoms with Crippen LogP contribution in [0.3, 0.4) is 0 Å². The van der Waals surface area contributed by atoms with Crippen LogP contribution >= 0.6 is 12.6 Å². The van der Waals surface area contributed by atoms with Gasteiger partial charge in [0, 0.05) is 6.42 Å². The highest BCUT2D eigenvalue weighted by Gasteiger charge is 2.26. The molecule has 0 rings (SSSR count). The Balaban J connectivity index is 0. The van der Waals surface area contributed by atoms with Gasteiger partial charge in [0.05, 0.1) is 31.8 Å². The number of hydrogen-bond donors (Lipinski definition) is 5. The first-order chi connectivity index (χ1) is 15.5. The first-order valence-electron chi connectivity index (χ1n) is 12.8. The predicted molar refractivity (Wildman–Crippen MR) is 138 cm³/mol. The van der Waals surface area contributed by atoms with E-state index in [4.69, 9.17) is 20.4 Å². The summed E-state index contributed by atoms with van der Waals surface area (Å²) in [6.45, 7) is 0.650. The molecule has 0 saturated heterocycles. The number of aliphatic hydroxyl groups is 4. The number of carbonyl (C=O) groups is 1. The Labute approximate surface area is 203 Å². The lowest BCUT2D eigenvalue weighted by Crippen LogP contribution is -2.37. The molecule has 0 unspecified atom stereocenters. The Hall–Kier alpha value is -0.400. The summed E-state index contributed by atoms with van der Waals surface area (Å²) in [5.74, 6) is 0. The lowest BCUT2D eigenvalue weighted by molar-refractivity contribution is -0.110. The third-order valence-electron chi connectivity index (χ3n) is 5.74. The average molecular weight is 477 g/mol. The van der Waals surface area contributed by atoms with Gasteiger partial charge in [-0.2, -0.15) is 0 Å². The summed E-state index contributed by atoms with van der Waals surface area (Å²) in [4.78, 5) is 10.7. The van der Waals surface area contributed by atoms with Crippen molar-refractivity contribution < 1.29 is 25.2 Å². The first kappa shape index (κ1) is 33.8. The second-order valence-electron chi connectivity index (χ2n) is 8.92. The smallest absolute Gasteiger partial charge is 0.185 e. The van der Waals surface area contributed by atoms with Crippen molar-refractivity contribution in [2.75, 3.05) is 26.4 Å². The van der Waals surface area contributed by atoms with Gasteiger partial charge >= 0.3 is 0 Å². The fourth-order valence-electron chi connectivity index (χ4n) is 3.18. The molecule has 4 N–H and O–H groups in total. The molecule has 5 nitrogen and oxygen atoms in total. The van der Waals surface area contributed by atoms with Crippen molar-refractivity contribution >= 4 is 17.7 Å². The summed E-state index contributed by atoms with van der Waals surface area (Å²) in [6.07, 6.45) is 26.6. The SMILES string of the molecule is CCCCCCCCC=CCCCCCCCCCCC(=O)S.OCC(CO)(CO)CO. The molecule has 0 aromatic rings. The van der Waals surface area contributed by atoms with E-state index in [0.717, 1.165) is 6.42 Å². The zero-order valence-electron chi connectivity index (χ0n) is 20.6. The van der Waals surface area contributed by atoms with Gasteiger partial charge < -0.3 is 20.4 Å². The lowest BCUT2D eigenvalue weighted by atomic mass is 9.93. The van der Waals surface area contributed by atoms with Crippen LogP contribution in [0, 0.1) is 5.41 Å². The molecule has 0 atom stereocenters. The zero-order chi connectivity index (χ0) is 24.3. The summed E-state index contributed by atoms with van der Waals surface area (Å²) in [7, 11) is 0. The molecule has 0 aliphatic carbocycles. The van der Waals surface area contributed by atoms with E-state index >= 15 is 0 Å². The van der Waals surface area contributed by atoms with Crippen molar-refractivity contribution in [2.24, 2.45) is 5.41 Å². The topological polar surface area (TPSA) is 98.0 Å². The van der Waals surface area contributed by atoms with Crippen molar-refractivity contribution in [3.63, 3.8) is 0 Å². The van der Waals surface area contributed by atoms with Crippen LogP contribution in [0.5, 0.6) is 0 Å². The van der Waals surface area contributed by atoms with Gasteiger partial charge in [0.1, 0.15) is 0 Å². The van der Waals surface area contributed by atoms with Gasteiger partial charge in [-0.05, 0) is 32.1 Å². The number of rotatable bonds is 22. The first-order valence-corrected chi connectivity index (χ1v) is 13.3. The van der Waals surface area contributed by atoms with Gasteiger partial charge in [0.15, 0.2) is 5.12 Å². The highest BCUT2D eigenvalue weighted by Crippen LogP contribution is 2.13. The van der Waals surface area contributed by atoms with Gasteiger partial charge in [-0.1, -0.05) is 89.7 Å². The van der Waals surface area contributed by atoms with Crippen LogP contribution in [0.25, 0.3) is 0 Å². The summed E-state index contributed by atoms with van der Waals surface area (Å²) in [6, 6.07) is 0. The molecular formula is C26H52O5S. The van der Waals surface area contributed by atoms with Crippen molar-refractivity contribution in [2.45, 2.75) is 116 Å². The summed E-state index contributed by atoms with van der Waals surface area (Å²) >= 11 is 3.79. The Morgan fingerprint density at radius 3 is 1.28 bits per heavy atom. The molecule has 0 radical (unpaired) electrons. The Morgan fingerprint density at radius 2 is 0.969 bits per heavy atom. The van der Waals surface area contributed by atoms with E-state index in [1.54, 1.807) is 0 Å². The monoisotopic (exact) mass is 476 g/mol. The summed E-state index contributed by atoms with van der Waals surface area (Å²) < 4.78 is 0. The van der Waals surface area contributed by atoms with E-state index in [9.17, 15) is 4.79 Å². The van der Waals surface area contributed by atoms with Crippen LogP contribution in [-0.4, -0.2) is 52.0 Å². The molecule has 0 aromatic carbocycles. The minimum absolute atomic E-state index is 0.0366. The number of aliphatic hydroxyl groups excluding tert-OH is 4. The van der Waals surface area contributed by atoms with E-state index in [2.05, 4.69) is 31.7 Å². The lowest BCUT2D eigenvalue weighted by Gasteiger charge is -2.23. The minimum atomic E-state index is -1.11. The maximum atomic E-state index is 10.7. The van der Waals surface area contributed by atoms with Crippen molar-refractivity contribution in [1.29, 1.82) is 0 Å². The van der Waals surface area contributed by atoms with E-state index in [0.29, 0.717) is 6.42 Å². The third-order valence-corrected chi connectivity index (χ3v) is 5.97. The maximum absolute atomic E-state index is 10.7. The Bertz CT molecular complexity index is 394. The average Bonchev–Trinajstić information content (AvgIpc) is 2.80. The number of carbonyl (C=O) groups excluding carboxylic acids is 1. The highest BCUT2D eigenvalue weighted by molar-refractivity contribution is 7.96. The van der Waals surface area contributed by atoms with Crippen molar-refractivity contribution in [1.82, 2.24) is 0 Å². The maximum Gasteiger partial charge on any atom is 0.185 e. The quantitative estimate of drug-likeness (QED) is 0.0797. The molecule has 0 aromatic heterocycles. The molecule has 0 saturated carbocycles. The predicted octanol–water partition coefficient (Wildman–Crippen LogP) is 5.59. The van der Waals surface area contributed by atoms with Gasteiger partial charge in [-0.15, -0.1) is 12.6 Å². The van der Waals surface area contributed by atoms with E-state index in [-0.39, 0.29) is 5.12 Å². The highest BCUT2D eigenvalue weighted by atomic mass is 32.1. The second kappa shape index (κ2) is 26.8. The number of hydrogen-bond acceptors (Lipinski definition) is 5. The van der Waals surface area contributed by atoms with Crippen molar-refractivity contribution in [3.05, 3.63) is 12.2 Å². The molecule has 192 valence electrons. The van der Waals surface area contributed by atoms with E-state index < -0.39 is 31.8 Å². The van der Waals surface area contributed by atoms with Gasteiger partial charge in [0.25, 0.3) is 0 Å². The van der Waals surface area contributed by atoms with Crippen LogP contribution in [0.15, 0.2) is 12.2 Å². The van der Waals surface area contributed by atoms with E-state index in [1.165, 1.54) is 96.3 Å². The molecule has 0 aliphatic heterocycles. The van der Waals surface area contributed by atoms with Crippen LogP contribution < -0.4 is 0 Å². The van der Waals surface area contributed by atoms with Gasteiger partial charge in [-0.25, -0.2) is 0 Å². The fourth-order valence-corrected chi connectivity index (χ4v) is 3.34.